The number of benzene rings is 1. The number of carbonyl (C=O) groups excluding carboxylic acids is 1. The van der Waals surface area contributed by atoms with E-state index in [1.807, 2.05) is 0 Å². The number of rotatable bonds is 4. The number of ether oxygens (including phenoxy) is 1. The van der Waals surface area contributed by atoms with Crippen molar-refractivity contribution in [2.24, 2.45) is 0 Å². The van der Waals surface area contributed by atoms with Gasteiger partial charge in [0.25, 0.3) is 0 Å². The number of carbonyl (C=O) groups is 1. The van der Waals surface area contributed by atoms with Crippen molar-refractivity contribution in [2.75, 3.05) is 0 Å². The number of hydrogen-bond acceptors (Lipinski definition) is 6. The van der Waals surface area contributed by atoms with Crippen molar-refractivity contribution >= 4 is 15.9 Å². The van der Waals surface area contributed by atoms with Crippen LogP contribution < -0.4 is 8.92 Å². The molecule has 0 aromatic heterocycles. The Labute approximate surface area is 142 Å². The lowest BCUT2D eigenvalue weighted by Gasteiger charge is -2.35. The quantitative estimate of drug-likeness (QED) is 0.635. The lowest BCUT2D eigenvalue weighted by atomic mass is 9.88. The van der Waals surface area contributed by atoms with Gasteiger partial charge in [0, 0.05) is 0 Å². The van der Waals surface area contributed by atoms with Gasteiger partial charge in [-0.15, -0.1) is 0 Å². The van der Waals surface area contributed by atoms with Crippen LogP contribution in [0.2, 0.25) is 0 Å². The van der Waals surface area contributed by atoms with Crippen molar-refractivity contribution in [1.29, 1.82) is 0 Å². The number of halogens is 3. The molecule has 0 bridgehead atoms. The number of Topliss-reactive ketones (excluding diaryl/α,β-unsaturated/α-hetero) is 1. The first-order valence-corrected chi connectivity index (χ1v) is 8.71. The van der Waals surface area contributed by atoms with E-state index in [0.29, 0.717) is 5.56 Å². The van der Waals surface area contributed by atoms with E-state index in [-0.39, 0.29) is 24.2 Å². The first-order valence-electron chi connectivity index (χ1n) is 7.30. The molecule has 0 saturated heterocycles. The Balaban J connectivity index is 2.32. The van der Waals surface area contributed by atoms with Crippen LogP contribution in [0.1, 0.15) is 31.4 Å². The molecule has 0 radical (unpaired) electrons. The fourth-order valence-corrected chi connectivity index (χ4v) is 2.90. The monoisotopic (exact) mass is 382 g/mol. The molecule has 0 fully saturated rings. The highest BCUT2D eigenvalue weighted by atomic mass is 32.2. The van der Waals surface area contributed by atoms with Gasteiger partial charge in [0.2, 0.25) is 0 Å². The summed E-state index contributed by atoms with van der Waals surface area (Å²) in [4.78, 5) is 11.5. The molecule has 2 atom stereocenters. The van der Waals surface area contributed by atoms with Gasteiger partial charge in [-0.25, -0.2) is 0 Å². The predicted octanol–water partition coefficient (Wildman–Crippen LogP) is 2.26. The van der Waals surface area contributed by atoms with E-state index in [1.54, 1.807) is 0 Å². The molecule has 2 rings (SSSR count). The normalized spacial score (nSPS) is 20.2. The molecule has 1 aliphatic rings. The summed E-state index contributed by atoms with van der Waals surface area (Å²) in [6.07, 6.45) is -0.317. The first-order chi connectivity index (χ1) is 11.3. The maximum atomic E-state index is 12.5. The second-order valence-corrected chi connectivity index (χ2v) is 7.60. The standard InChI is InChI=1S/C15H17F3O6S/c1-8-6-12-10(4-5-13(23-12)14(3,20)9(2)19)7-11(8)24-25(21,22)15(16,17)18/h6-7,13,20H,4-5H2,1-3H3/t13-,14-/m1/s1. The highest BCUT2D eigenvalue weighted by Crippen LogP contribution is 2.38. The molecule has 0 saturated carbocycles. The van der Waals surface area contributed by atoms with Crippen molar-refractivity contribution in [3.05, 3.63) is 23.3 Å². The second-order valence-electron chi connectivity index (χ2n) is 6.06. The molecule has 25 heavy (non-hydrogen) atoms. The van der Waals surface area contributed by atoms with Gasteiger partial charge in [-0.05, 0) is 56.9 Å². The summed E-state index contributed by atoms with van der Waals surface area (Å²) in [5, 5.41) is 10.2. The molecule has 0 spiro atoms. The lowest BCUT2D eigenvalue weighted by molar-refractivity contribution is -0.144. The predicted molar refractivity (Wildman–Crippen MR) is 80.8 cm³/mol. The number of hydrogen-bond donors (Lipinski definition) is 1. The fourth-order valence-electron chi connectivity index (χ4n) is 2.39. The van der Waals surface area contributed by atoms with Crippen LogP contribution in [0.5, 0.6) is 11.5 Å². The van der Waals surface area contributed by atoms with Crippen molar-refractivity contribution in [3.63, 3.8) is 0 Å². The summed E-state index contributed by atoms with van der Waals surface area (Å²) in [6, 6.07) is 2.48. The third kappa shape index (κ3) is 3.74. The van der Waals surface area contributed by atoms with E-state index in [2.05, 4.69) is 4.18 Å². The van der Waals surface area contributed by atoms with Crippen LogP contribution in [0.3, 0.4) is 0 Å². The van der Waals surface area contributed by atoms with E-state index in [4.69, 9.17) is 4.74 Å². The van der Waals surface area contributed by atoms with Crippen molar-refractivity contribution in [1.82, 2.24) is 0 Å². The van der Waals surface area contributed by atoms with E-state index in [9.17, 15) is 31.5 Å². The van der Waals surface area contributed by atoms with Crippen LogP contribution in [0, 0.1) is 6.92 Å². The van der Waals surface area contributed by atoms with Crippen molar-refractivity contribution in [2.45, 2.75) is 50.8 Å². The fraction of sp³-hybridized carbons (Fsp3) is 0.533. The minimum atomic E-state index is -5.77. The van der Waals surface area contributed by atoms with E-state index < -0.39 is 38.9 Å². The van der Waals surface area contributed by atoms with Crippen LogP contribution in [0.15, 0.2) is 12.1 Å². The number of ketones is 1. The minimum Gasteiger partial charge on any atom is -0.487 e. The Kier molecular flexibility index (Phi) is 4.81. The number of alkyl halides is 3. The average molecular weight is 382 g/mol. The average Bonchev–Trinajstić information content (AvgIpc) is 2.45. The lowest BCUT2D eigenvalue weighted by Crippen LogP contribution is -2.50. The van der Waals surface area contributed by atoms with E-state index >= 15 is 0 Å². The zero-order valence-electron chi connectivity index (χ0n) is 13.7. The summed E-state index contributed by atoms with van der Waals surface area (Å²) in [5.74, 6) is -0.669. The first kappa shape index (κ1) is 19.5. The summed E-state index contributed by atoms with van der Waals surface area (Å²) in [5.41, 5.74) is -6.71. The van der Waals surface area contributed by atoms with Gasteiger partial charge in [0.05, 0.1) is 0 Å². The van der Waals surface area contributed by atoms with Gasteiger partial charge >= 0.3 is 15.6 Å². The van der Waals surface area contributed by atoms with Crippen LogP contribution in [-0.4, -0.2) is 36.5 Å². The van der Waals surface area contributed by atoms with Crippen LogP contribution in [0.25, 0.3) is 0 Å². The van der Waals surface area contributed by atoms with Gasteiger partial charge in [-0.2, -0.15) is 21.6 Å². The highest BCUT2D eigenvalue weighted by molar-refractivity contribution is 7.88. The molecule has 1 N–H and O–H groups in total. The summed E-state index contributed by atoms with van der Waals surface area (Å²) in [7, 11) is -5.77. The van der Waals surface area contributed by atoms with Gasteiger partial charge in [-0.3, -0.25) is 4.79 Å². The molecule has 6 nitrogen and oxygen atoms in total. The smallest absolute Gasteiger partial charge is 0.487 e. The van der Waals surface area contributed by atoms with Gasteiger partial charge < -0.3 is 14.0 Å². The van der Waals surface area contributed by atoms with Crippen molar-refractivity contribution < 1.29 is 40.4 Å². The number of aliphatic hydroxyl groups is 1. The molecule has 1 aliphatic heterocycles. The SMILES string of the molecule is CC(=O)[C@@](C)(O)[C@H]1CCc2cc(OS(=O)(=O)C(F)(F)F)c(C)cc2O1. The Bertz CT molecular complexity index is 798. The van der Waals surface area contributed by atoms with Gasteiger partial charge in [0.15, 0.2) is 11.4 Å². The number of fused-ring (bicyclic) bond motifs is 1. The van der Waals surface area contributed by atoms with Crippen LogP contribution >= 0.6 is 0 Å². The third-order valence-electron chi connectivity index (χ3n) is 4.13. The topological polar surface area (TPSA) is 89.9 Å². The molecular weight excluding hydrogens is 365 g/mol. The molecule has 1 aromatic rings. The molecular formula is C15H17F3O6S. The van der Waals surface area contributed by atoms with Crippen LogP contribution in [-0.2, 0) is 21.3 Å². The van der Waals surface area contributed by atoms with Gasteiger partial charge in [-0.1, -0.05) is 0 Å². The molecule has 1 aromatic carbocycles. The van der Waals surface area contributed by atoms with Crippen LogP contribution in [0.4, 0.5) is 13.2 Å². The molecule has 1 heterocycles. The van der Waals surface area contributed by atoms with Crippen molar-refractivity contribution in [3.8, 4) is 11.5 Å². The Hall–Kier alpha value is -1.81. The van der Waals surface area contributed by atoms with Gasteiger partial charge in [0.1, 0.15) is 17.6 Å². The third-order valence-corrected chi connectivity index (χ3v) is 5.09. The summed E-state index contributed by atoms with van der Waals surface area (Å²) in [6.45, 7) is 3.91. The summed E-state index contributed by atoms with van der Waals surface area (Å²) >= 11 is 0. The zero-order valence-corrected chi connectivity index (χ0v) is 14.5. The highest BCUT2D eigenvalue weighted by Gasteiger charge is 2.49. The largest absolute Gasteiger partial charge is 0.534 e. The Morgan fingerprint density at radius 3 is 2.48 bits per heavy atom. The molecule has 140 valence electrons. The maximum absolute atomic E-state index is 12.5. The summed E-state index contributed by atoms with van der Waals surface area (Å²) < 4.78 is 69.4. The Morgan fingerprint density at radius 2 is 1.96 bits per heavy atom. The second kappa shape index (κ2) is 6.17. The molecule has 10 heteroatoms. The number of aryl methyl sites for hydroxylation is 2. The van der Waals surface area contributed by atoms with E-state index in [1.165, 1.54) is 26.8 Å². The molecule has 0 amide bonds. The molecule has 0 unspecified atom stereocenters. The maximum Gasteiger partial charge on any atom is 0.534 e. The Morgan fingerprint density at radius 1 is 1.36 bits per heavy atom. The minimum absolute atomic E-state index is 0.106. The zero-order chi connectivity index (χ0) is 19.2. The van der Waals surface area contributed by atoms with E-state index in [0.717, 1.165) is 6.07 Å². The molecule has 0 aliphatic carbocycles.